The molecule has 12 heteroatoms. The van der Waals surface area contributed by atoms with Crippen LogP contribution < -0.4 is 24.4 Å². The Balaban J connectivity index is 2.14. The average molecular weight is 554 g/mol. The third-order valence-corrected chi connectivity index (χ3v) is 7.55. The molecule has 37 heavy (non-hydrogen) atoms. The van der Waals surface area contributed by atoms with E-state index in [1.807, 2.05) is 0 Å². The molecular weight excluding hydrogens is 528 g/mol. The van der Waals surface area contributed by atoms with Gasteiger partial charge in [-0.3, -0.25) is 4.31 Å². The molecule has 0 aliphatic heterocycles. The zero-order valence-electron chi connectivity index (χ0n) is 20.3. The summed E-state index contributed by atoms with van der Waals surface area (Å²) in [6.45, 7) is -0.263. The van der Waals surface area contributed by atoms with Gasteiger partial charge < -0.3 is 20.1 Å². The van der Waals surface area contributed by atoms with E-state index in [0.29, 0.717) is 5.75 Å². The van der Waals surface area contributed by atoms with Crippen LogP contribution in [0.5, 0.6) is 11.5 Å². The van der Waals surface area contributed by atoms with Crippen molar-refractivity contribution in [2.24, 2.45) is 0 Å². The molecule has 0 bridgehead atoms. The lowest BCUT2D eigenvalue weighted by molar-refractivity contribution is 0.243. The molecule has 0 saturated carbocycles. The van der Waals surface area contributed by atoms with E-state index in [0.717, 1.165) is 16.4 Å². The summed E-state index contributed by atoms with van der Waals surface area (Å²) in [5.74, 6) is -1.03. The van der Waals surface area contributed by atoms with Crippen molar-refractivity contribution in [3.8, 4) is 11.5 Å². The van der Waals surface area contributed by atoms with E-state index < -0.39 is 27.7 Å². The first-order valence-electron chi connectivity index (χ1n) is 11.0. The van der Waals surface area contributed by atoms with Crippen LogP contribution in [-0.2, 0) is 16.4 Å². The predicted molar refractivity (Wildman–Crippen MR) is 137 cm³/mol. The summed E-state index contributed by atoms with van der Waals surface area (Å²) in [4.78, 5) is 11.6. The van der Waals surface area contributed by atoms with Gasteiger partial charge in [0.25, 0.3) is 10.0 Å². The molecule has 2 amide bonds. The molecule has 3 aromatic rings. The third kappa shape index (κ3) is 6.41. The van der Waals surface area contributed by atoms with Gasteiger partial charge in [-0.25, -0.2) is 22.0 Å². The van der Waals surface area contributed by atoms with Gasteiger partial charge in [0.1, 0.15) is 11.6 Å². The number of nitrogens with one attached hydrogen (secondary N) is 2. The standard InChI is InChI=1S/C25H26ClF2N3O5S/c1-29-25(32)30-11-12-31(37(33,34)18-8-10-23(35-2)24(15-18)36-3)22-9-7-17(26)13-16(22)14-19-20(27)5-4-6-21(19)28/h4-10,13,15H,11-12,14H2,1-3H3,(H2,29,30,32). The first kappa shape index (κ1) is 28.0. The number of sulfonamides is 1. The largest absolute Gasteiger partial charge is 0.493 e. The molecule has 0 spiro atoms. The molecule has 0 fully saturated rings. The van der Waals surface area contributed by atoms with Crippen molar-refractivity contribution in [2.45, 2.75) is 11.3 Å². The van der Waals surface area contributed by atoms with Gasteiger partial charge in [-0.05, 0) is 48.0 Å². The van der Waals surface area contributed by atoms with Gasteiger partial charge in [-0.2, -0.15) is 0 Å². The quantitative estimate of drug-likeness (QED) is 0.389. The normalized spacial score (nSPS) is 11.1. The minimum absolute atomic E-state index is 0.0671. The Morgan fingerprint density at radius 1 is 1.00 bits per heavy atom. The smallest absolute Gasteiger partial charge is 0.314 e. The summed E-state index contributed by atoms with van der Waals surface area (Å²) < 4.78 is 68.2. The summed E-state index contributed by atoms with van der Waals surface area (Å²) in [7, 11) is -0.0486. The van der Waals surface area contributed by atoms with Gasteiger partial charge in [0, 0.05) is 36.7 Å². The van der Waals surface area contributed by atoms with E-state index in [1.54, 1.807) is 0 Å². The molecule has 3 rings (SSSR count). The number of halogens is 3. The van der Waals surface area contributed by atoms with Crippen LogP contribution in [0.2, 0.25) is 5.02 Å². The monoisotopic (exact) mass is 553 g/mol. The van der Waals surface area contributed by atoms with Crippen LogP contribution in [0.25, 0.3) is 0 Å². The van der Waals surface area contributed by atoms with Gasteiger partial charge in [-0.15, -0.1) is 0 Å². The van der Waals surface area contributed by atoms with Crippen molar-refractivity contribution in [1.82, 2.24) is 10.6 Å². The zero-order chi connectivity index (χ0) is 27.2. The highest BCUT2D eigenvalue weighted by Gasteiger charge is 2.28. The molecule has 0 aromatic heterocycles. The van der Waals surface area contributed by atoms with E-state index in [4.69, 9.17) is 21.1 Å². The molecule has 0 radical (unpaired) electrons. The predicted octanol–water partition coefficient (Wildman–Crippen LogP) is 4.35. The van der Waals surface area contributed by atoms with Gasteiger partial charge >= 0.3 is 6.03 Å². The van der Waals surface area contributed by atoms with Crippen LogP contribution in [0.3, 0.4) is 0 Å². The second-order valence-electron chi connectivity index (χ2n) is 7.75. The average Bonchev–Trinajstić information content (AvgIpc) is 2.88. The van der Waals surface area contributed by atoms with Crippen molar-refractivity contribution < 1.29 is 31.5 Å². The number of amides is 2. The molecule has 0 heterocycles. The highest BCUT2D eigenvalue weighted by Crippen LogP contribution is 2.35. The first-order valence-corrected chi connectivity index (χ1v) is 12.9. The molecule has 0 atom stereocenters. The first-order chi connectivity index (χ1) is 17.6. The molecule has 0 aliphatic rings. The molecule has 0 aliphatic carbocycles. The van der Waals surface area contributed by atoms with Crippen molar-refractivity contribution in [3.05, 3.63) is 82.4 Å². The fraction of sp³-hybridized carbons (Fsp3) is 0.240. The Morgan fingerprint density at radius 2 is 1.68 bits per heavy atom. The topological polar surface area (TPSA) is 97.0 Å². The number of benzene rings is 3. The summed E-state index contributed by atoms with van der Waals surface area (Å²) in [6, 6.07) is 11.5. The second kappa shape index (κ2) is 12.1. The van der Waals surface area contributed by atoms with Gasteiger partial charge in [0.2, 0.25) is 0 Å². The third-order valence-electron chi connectivity index (χ3n) is 5.51. The molecular formula is C25H26ClF2N3O5S. The Bertz CT molecular complexity index is 1370. The van der Waals surface area contributed by atoms with Crippen LogP contribution in [0.4, 0.5) is 19.3 Å². The number of rotatable bonds is 10. The zero-order valence-corrected chi connectivity index (χ0v) is 21.9. The Labute approximate surface area is 219 Å². The van der Waals surface area contributed by atoms with E-state index in [9.17, 15) is 22.0 Å². The fourth-order valence-corrected chi connectivity index (χ4v) is 5.38. The molecule has 198 valence electrons. The second-order valence-corrected chi connectivity index (χ2v) is 10.0. The number of anilines is 1. The lowest BCUT2D eigenvalue weighted by Gasteiger charge is -2.27. The number of nitrogens with zero attached hydrogens (tertiary/aromatic N) is 1. The number of ether oxygens (including phenoxy) is 2. The van der Waals surface area contributed by atoms with Crippen LogP contribution in [0, 0.1) is 11.6 Å². The Morgan fingerprint density at radius 3 is 2.30 bits per heavy atom. The number of hydrogen-bond donors (Lipinski definition) is 2. The van der Waals surface area contributed by atoms with Crippen molar-refractivity contribution >= 4 is 33.3 Å². The number of methoxy groups -OCH3 is 2. The highest BCUT2D eigenvalue weighted by molar-refractivity contribution is 7.92. The van der Waals surface area contributed by atoms with Gasteiger partial charge in [0.15, 0.2) is 11.5 Å². The maximum Gasteiger partial charge on any atom is 0.314 e. The molecule has 3 aromatic carbocycles. The van der Waals surface area contributed by atoms with Crippen molar-refractivity contribution in [1.29, 1.82) is 0 Å². The number of carbonyl (C=O) groups is 1. The fourth-order valence-electron chi connectivity index (χ4n) is 3.66. The molecule has 0 saturated heterocycles. The minimum atomic E-state index is -4.27. The van der Waals surface area contributed by atoms with E-state index >= 15 is 0 Å². The Hall–Kier alpha value is -3.57. The number of hydrogen-bond acceptors (Lipinski definition) is 5. The number of urea groups is 1. The van der Waals surface area contributed by atoms with Crippen LogP contribution in [-0.4, -0.2) is 48.8 Å². The lowest BCUT2D eigenvalue weighted by atomic mass is 10.0. The molecule has 0 unspecified atom stereocenters. The van der Waals surface area contributed by atoms with Crippen molar-refractivity contribution in [2.75, 3.05) is 38.7 Å². The molecule has 2 N–H and O–H groups in total. The van der Waals surface area contributed by atoms with Crippen LogP contribution in [0.15, 0.2) is 59.5 Å². The summed E-state index contributed by atoms with van der Waals surface area (Å²) >= 11 is 6.19. The summed E-state index contributed by atoms with van der Waals surface area (Å²) in [5, 5.41) is 5.19. The highest BCUT2D eigenvalue weighted by atomic mass is 35.5. The van der Waals surface area contributed by atoms with E-state index in [-0.39, 0.29) is 52.0 Å². The summed E-state index contributed by atoms with van der Waals surface area (Å²) in [6.07, 6.45) is -0.269. The van der Waals surface area contributed by atoms with Crippen molar-refractivity contribution in [3.63, 3.8) is 0 Å². The van der Waals surface area contributed by atoms with Crippen LogP contribution in [0.1, 0.15) is 11.1 Å². The maximum absolute atomic E-state index is 14.5. The molecule has 8 nitrogen and oxygen atoms in total. The SMILES string of the molecule is CNC(=O)NCCN(c1ccc(Cl)cc1Cc1c(F)cccc1F)S(=O)(=O)c1ccc(OC)c(OC)c1. The summed E-state index contributed by atoms with van der Waals surface area (Å²) in [5.41, 5.74) is 0.166. The van der Waals surface area contributed by atoms with E-state index in [1.165, 1.54) is 63.7 Å². The lowest BCUT2D eigenvalue weighted by Crippen LogP contribution is -2.41. The number of carbonyl (C=O) groups excluding carboxylic acids is 1. The maximum atomic E-state index is 14.5. The van der Waals surface area contributed by atoms with Gasteiger partial charge in [-0.1, -0.05) is 17.7 Å². The minimum Gasteiger partial charge on any atom is -0.493 e. The van der Waals surface area contributed by atoms with Gasteiger partial charge in [0.05, 0.1) is 31.3 Å². The van der Waals surface area contributed by atoms with Crippen LogP contribution >= 0.6 is 11.6 Å². The van der Waals surface area contributed by atoms with E-state index in [2.05, 4.69) is 10.6 Å². The Kier molecular flexibility index (Phi) is 9.17.